The van der Waals surface area contributed by atoms with Crippen molar-refractivity contribution in [3.05, 3.63) is 29.8 Å². The van der Waals surface area contributed by atoms with Crippen LogP contribution in [0.3, 0.4) is 0 Å². The summed E-state index contributed by atoms with van der Waals surface area (Å²) < 4.78 is 29.2. The Bertz CT molecular complexity index is 542. The van der Waals surface area contributed by atoms with Crippen molar-refractivity contribution >= 4 is 10.1 Å². The fourth-order valence-electron chi connectivity index (χ4n) is 2.60. The topological polar surface area (TPSA) is 63.6 Å². The van der Waals surface area contributed by atoms with E-state index in [9.17, 15) is 13.5 Å². The maximum absolute atomic E-state index is 12.1. The SMILES string of the molecule is Cc1ccc(S(=O)(=O)OC[C@@H](C)C2(O)CCCC2)cc1. The highest BCUT2D eigenvalue weighted by molar-refractivity contribution is 7.86. The fraction of sp³-hybridized carbons (Fsp3) is 0.600. The van der Waals surface area contributed by atoms with E-state index in [-0.39, 0.29) is 17.4 Å². The molecule has 20 heavy (non-hydrogen) atoms. The molecule has 0 unspecified atom stereocenters. The number of aliphatic hydroxyl groups is 1. The molecule has 4 nitrogen and oxygen atoms in total. The van der Waals surface area contributed by atoms with Gasteiger partial charge in [-0.2, -0.15) is 8.42 Å². The molecule has 0 bridgehead atoms. The van der Waals surface area contributed by atoms with Gasteiger partial charge in [-0.15, -0.1) is 0 Å². The van der Waals surface area contributed by atoms with E-state index in [1.54, 1.807) is 24.3 Å². The molecule has 0 radical (unpaired) electrons. The van der Waals surface area contributed by atoms with Gasteiger partial charge < -0.3 is 5.11 Å². The lowest BCUT2D eigenvalue weighted by atomic mass is 9.88. The van der Waals surface area contributed by atoms with Crippen molar-refractivity contribution in [3.63, 3.8) is 0 Å². The molecule has 0 aromatic heterocycles. The zero-order valence-electron chi connectivity index (χ0n) is 12.0. The van der Waals surface area contributed by atoms with Gasteiger partial charge in [-0.1, -0.05) is 37.5 Å². The van der Waals surface area contributed by atoms with Gasteiger partial charge >= 0.3 is 0 Å². The van der Waals surface area contributed by atoms with Crippen LogP contribution in [-0.2, 0) is 14.3 Å². The molecule has 112 valence electrons. The average molecular weight is 298 g/mol. The van der Waals surface area contributed by atoms with Crippen molar-refractivity contribution in [1.82, 2.24) is 0 Å². The molecule has 0 spiro atoms. The largest absolute Gasteiger partial charge is 0.390 e. The van der Waals surface area contributed by atoms with Crippen LogP contribution >= 0.6 is 0 Å². The minimum atomic E-state index is -3.74. The summed E-state index contributed by atoms with van der Waals surface area (Å²) in [5, 5.41) is 10.4. The summed E-state index contributed by atoms with van der Waals surface area (Å²) in [7, 11) is -3.74. The number of rotatable bonds is 5. The number of hydrogen-bond acceptors (Lipinski definition) is 4. The molecule has 1 fully saturated rings. The summed E-state index contributed by atoms with van der Waals surface area (Å²) in [6.45, 7) is 3.76. The molecule has 1 saturated carbocycles. The minimum absolute atomic E-state index is 0.0205. The molecule has 0 heterocycles. The molecule has 0 saturated heterocycles. The van der Waals surface area contributed by atoms with E-state index in [0.717, 1.165) is 31.2 Å². The summed E-state index contributed by atoms with van der Waals surface area (Å²) in [6.07, 6.45) is 3.43. The fourth-order valence-corrected chi connectivity index (χ4v) is 3.59. The molecule has 5 heteroatoms. The average Bonchev–Trinajstić information content (AvgIpc) is 2.85. The Kier molecular flexibility index (Phi) is 4.52. The number of hydrogen-bond donors (Lipinski definition) is 1. The highest BCUT2D eigenvalue weighted by Gasteiger charge is 2.37. The second kappa shape index (κ2) is 5.84. The van der Waals surface area contributed by atoms with Gasteiger partial charge in [0.25, 0.3) is 10.1 Å². The molecular formula is C15H22O4S. The Morgan fingerprint density at radius 3 is 2.35 bits per heavy atom. The third-order valence-electron chi connectivity index (χ3n) is 4.17. The lowest BCUT2D eigenvalue weighted by Crippen LogP contribution is -2.36. The van der Waals surface area contributed by atoms with Crippen molar-refractivity contribution < 1.29 is 17.7 Å². The Hall–Kier alpha value is -0.910. The first-order chi connectivity index (χ1) is 9.33. The van der Waals surface area contributed by atoms with Crippen LogP contribution in [0.15, 0.2) is 29.2 Å². The summed E-state index contributed by atoms with van der Waals surface area (Å²) >= 11 is 0. The van der Waals surface area contributed by atoms with Gasteiger partial charge in [0.2, 0.25) is 0 Å². The van der Waals surface area contributed by atoms with Crippen molar-refractivity contribution in [1.29, 1.82) is 0 Å². The summed E-state index contributed by atoms with van der Waals surface area (Å²) in [4.78, 5) is 0.161. The summed E-state index contributed by atoms with van der Waals surface area (Å²) in [5.41, 5.74) is 0.223. The maximum Gasteiger partial charge on any atom is 0.296 e. The van der Waals surface area contributed by atoms with E-state index in [4.69, 9.17) is 4.18 Å². The lowest BCUT2D eigenvalue weighted by Gasteiger charge is -2.29. The molecule has 1 aromatic rings. The third kappa shape index (κ3) is 3.40. The standard InChI is InChI=1S/C15H22O4S/c1-12-5-7-14(8-6-12)20(17,18)19-11-13(2)15(16)9-3-4-10-15/h5-8,13,16H,3-4,9-11H2,1-2H3/t13-/m1/s1. The smallest absolute Gasteiger partial charge is 0.296 e. The second-order valence-corrected chi connectivity index (χ2v) is 7.38. The van der Waals surface area contributed by atoms with Crippen LogP contribution in [0.2, 0.25) is 0 Å². The Morgan fingerprint density at radius 1 is 1.25 bits per heavy atom. The maximum atomic E-state index is 12.1. The predicted octanol–water partition coefficient (Wildman–Crippen LogP) is 2.64. The molecule has 1 aliphatic rings. The first kappa shape index (κ1) is 15.5. The predicted molar refractivity (Wildman–Crippen MR) is 76.9 cm³/mol. The van der Waals surface area contributed by atoms with Gasteiger partial charge in [0, 0.05) is 5.92 Å². The summed E-state index contributed by atoms with van der Waals surface area (Å²) in [5.74, 6) is -0.190. The van der Waals surface area contributed by atoms with E-state index < -0.39 is 15.7 Å². The molecule has 1 aliphatic carbocycles. The number of benzene rings is 1. The zero-order valence-corrected chi connectivity index (χ0v) is 12.8. The first-order valence-corrected chi connectivity index (χ1v) is 8.43. The van der Waals surface area contributed by atoms with E-state index >= 15 is 0 Å². The van der Waals surface area contributed by atoms with Crippen LogP contribution in [0.4, 0.5) is 0 Å². The molecule has 0 aliphatic heterocycles. The van der Waals surface area contributed by atoms with Crippen LogP contribution in [-0.4, -0.2) is 25.7 Å². The second-order valence-electron chi connectivity index (χ2n) is 5.76. The monoisotopic (exact) mass is 298 g/mol. The summed E-state index contributed by atoms with van der Waals surface area (Å²) in [6, 6.07) is 6.56. The number of aryl methyl sites for hydroxylation is 1. The van der Waals surface area contributed by atoms with E-state index in [2.05, 4.69) is 0 Å². The van der Waals surface area contributed by atoms with E-state index in [0.29, 0.717) is 0 Å². The molecule has 1 aromatic carbocycles. The molecule has 1 N–H and O–H groups in total. The van der Waals surface area contributed by atoms with Gasteiger partial charge in [0.05, 0.1) is 17.1 Å². The Labute approximate surface area is 120 Å². The molecule has 0 amide bonds. The highest BCUT2D eigenvalue weighted by atomic mass is 32.2. The quantitative estimate of drug-likeness (QED) is 0.849. The van der Waals surface area contributed by atoms with Gasteiger partial charge in [0.1, 0.15) is 0 Å². The van der Waals surface area contributed by atoms with Crippen LogP contribution in [0.25, 0.3) is 0 Å². The van der Waals surface area contributed by atoms with Gasteiger partial charge in [-0.05, 0) is 31.9 Å². The third-order valence-corrected chi connectivity index (χ3v) is 5.47. The van der Waals surface area contributed by atoms with Gasteiger partial charge in [-0.25, -0.2) is 0 Å². The molecular weight excluding hydrogens is 276 g/mol. The van der Waals surface area contributed by atoms with Crippen LogP contribution in [0.1, 0.15) is 38.2 Å². The van der Waals surface area contributed by atoms with Gasteiger partial charge in [-0.3, -0.25) is 4.18 Å². The Morgan fingerprint density at radius 2 is 1.80 bits per heavy atom. The lowest BCUT2D eigenvalue weighted by molar-refractivity contribution is -0.0210. The first-order valence-electron chi connectivity index (χ1n) is 7.02. The van der Waals surface area contributed by atoms with Crippen LogP contribution < -0.4 is 0 Å². The molecule has 2 rings (SSSR count). The van der Waals surface area contributed by atoms with Crippen LogP contribution in [0.5, 0.6) is 0 Å². The van der Waals surface area contributed by atoms with Crippen molar-refractivity contribution in [2.45, 2.75) is 50.0 Å². The van der Waals surface area contributed by atoms with E-state index in [1.807, 2.05) is 13.8 Å². The van der Waals surface area contributed by atoms with Crippen LogP contribution in [0, 0.1) is 12.8 Å². The zero-order chi connectivity index (χ0) is 14.8. The minimum Gasteiger partial charge on any atom is -0.390 e. The van der Waals surface area contributed by atoms with Gasteiger partial charge in [0.15, 0.2) is 0 Å². The normalized spacial score (nSPS) is 19.9. The Balaban J connectivity index is 2.00. The highest BCUT2D eigenvalue weighted by Crippen LogP contribution is 2.36. The van der Waals surface area contributed by atoms with Crippen molar-refractivity contribution in [3.8, 4) is 0 Å². The van der Waals surface area contributed by atoms with E-state index in [1.165, 1.54) is 0 Å². The van der Waals surface area contributed by atoms with Crippen molar-refractivity contribution in [2.75, 3.05) is 6.61 Å². The van der Waals surface area contributed by atoms with Crippen molar-refractivity contribution in [2.24, 2.45) is 5.92 Å². The molecule has 1 atom stereocenters.